The molecule has 0 saturated heterocycles. The van der Waals surface area contributed by atoms with Crippen LogP contribution in [-0.4, -0.2) is 32.0 Å². The van der Waals surface area contributed by atoms with Gasteiger partial charge < -0.3 is 14.6 Å². The number of aliphatic hydroxyl groups is 1. The number of imidazole rings is 1. The van der Waals surface area contributed by atoms with E-state index in [4.69, 9.17) is 0 Å². The highest BCUT2D eigenvalue weighted by Gasteiger charge is 2.37. The smallest absolute Gasteiger partial charge is 0.289 e. The number of nitrogens with zero attached hydrogens (tertiary/aromatic N) is 3. The fourth-order valence-electron chi connectivity index (χ4n) is 3.04. The van der Waals surface area contributed by atoms with Crippen LogP contribution in [0.1, 0.15) is 30.5 Å². The van der Waals surface area contributed by atoms with Crippen molar-refractivity contribution < 1.29 is 9.90 Å². The molecule has 3 rings (SSSR count). The monoisotopic (exact) mass is 311 g/mol. The number of rotatable bonds is 5. The molecule has 1 aliphatic heterocycles. The lowest BCUT2D eigenvalue weighted by molar-refractivity contribution is -0.129. The quantitative estimate of drug-likeness (QED) is 0.923. The molecule has 0 saturated carbocycles. The number of hydrogen-bond donors (Lipinski definition) is 1. The van der Waals surface area contributed by atoms with Crippen LogP contribution >= 0.6 is 0 Å². The molecule has 0 radical (unpaired) electrons. The number of hydrogen-bond acceptors (Lipinski definition) is 3. The van der Waals surface area contributed by atoms with Gasteiger partial charge in [0, 0.05) is 31.1 Å². The molecule has 23 heavy (non-hydrogen) atoms. The second kappa shape index (κ2) is 6.28. The Hall–Kier alpha value is -2.56. The first kappa shape index (κ1) is 15.3. The molecule has 0 fully saturated rings. The maximum absolute atomic E-state index is 12.4. The summed E-state index contributed by atoms with van der Waals surface area (Å²) in [4.78, 5) is 18.1. The molecule has 120 valence electrons. The van der Waals surface area contributed by atoms with Gasteiger partial charge in [0.2, 0.25) is 0 Å². The van der Waals surface area contributed by atoms with Crippen LogP contribution in [0.4, 0.5) is 0 Å². The molecular weight excluding hydrogens is 290 g/mol. The number of aromatic nitrogens is 2. The summed E-state index contributed by atoms with van der Waals surface area (Å²) >= 11 is 0. The number of carbonyl (C=O) groups is 1. The van der Waals surface area contributed by atoms with Crippen LogP contribution in [-0.2, 0) is 11.3 Å². The van der Waals surface area contributed by atoms with Crippen LogP contribution in [0.3, 0.4) is 0 Å². The predicted molar refractivity (Wildman–Crippen MR) is 87.8 cm³/mol. The third kappa shape index (κ3) is 2.99. The first-order valence-corrected chi connectivity index (χ1v) is 7.81. The molecule has 5 heteroatoms. The van der Waals surface area contributed by atoms with Crippen molar-refractivity contribution in [2.24, 2.45) is 0 Å². The van der Waals surface area contributed by atoms with Crippen molar-refractivity contribution in [3.05, 3.63) is 65.4 Å². The predicted octanol–water partition coefficient (Wildman–Crippen LogP) is 3.00. The summed E-state index contributed by atoms with van der Waals surface area (Å²) in [5.41, 5.74) is 2.94. The standard InChI is InChI=1S/C18H21N3O2/c1-13-4-6-15(7-5-13)16-14(2)17(22)18(23)21(16)10-3-9-20-11-8-19-12-20/h4-8,11-12,16,22H,3,9-10H2,1-2H3. The lowest BCUT2D eigenvalue weighted by Gasteiger charge is -2.26. The highest BCUT2D eigenvalue weighted by Crippen LogP contribution is 2.36. The molecule has 0 bridgehead atoms. The first-order valence-electron chi connectivity index (χ1n) is 7.81. The summed E-state index contributed by atoms with van der Waals surface area (Å²) in [7, 11) is 0. The third-order valence-electron chi connectivity index (χ3n) is 4.33. The van der Waals surface area contributed by atoms with E-state index in [0.717, 1.165) is 24.1 Å². The average molecular weight is 311 g/mol. The van der Waals surface area contributed by atoms with Gasteiger partial charge in [-0.3, -0.25) is 4.79 Å². The maximum Gasteiger partial charge on any atom is 0.289 e. The van der Waals surface area contributed by atoms with Gasteiger partial charge in [0.25, 0.3) is 5.91 Å². The molecule has 5 nitrogen and oxygen atoms in total. The number of amides is 1. The minimum atomic E-state index is -0.279. The number of aryl methyl sites for hydroxylation is 2. The van der Waals surface area contributed by atoms with Crippen LogP contribution in [0.2, 0.25) is 0 Å². The molecule has 0 aliphatic carbocycles. The van der Waals surface area contributed by atoms with Crippen molar-refractivity contribution in [2.45, 2.75) is 32.9 Å². The molecule has 0 spiro atoms. The molecule has 1 unspecified atom stereocenters. The van der Waals surface area contributed by atoms with Crippen molar-refractivity contribution in [1.29, 1.82) is 0 Å². The molecule has 1 aliphatic rings. The Morgan fingerprint density at radius 1 is 1.17 bits per heavy atom. The van der Waals surface area contributed by atoms with E-state index in [1.807, 2.05) is 48.9 Å². The van der Waals surface area contributed by atoms with Gasteiger partial charge in [0.15, 0.2) is 5.76 Å². The van der Waals surface area contributed by atoms with E-state index in [1.54, 1.807) is 17.4 Å². The molecule has 1 N–H and O–H groups in total. The largest absolute Gasteiger partial charge is 0.503 e. The van der Waals surface area contributed by atoms with Crippen LogP contribution in [0.5, 0.6) is 0 Å². The van der Waals surface area contributed by atoms with Gasteiger partial charge in [-0.05, 0) is 25.8 Å². The van der Waals surface area contributed by atoms with Crippen molar-refractivity contribution in [3.8, 4) is 0 Å². The molecule has 2 aromatic rings. The van der Waals surface area contributed by atoms with E-state index in [0.29, 0.717) is 6.54 Å². The Balaban J connectivity index is 1.76. The summed E-state index contributed by atoms with van der Waals surface area (Å²) in [6.07, 6.45) is 6.23. The van der Waals surface area contributed by atoms with Crippen LogP contribution in [0, 0.1) is 6.92 Å². The molecule has 1 amide bonds. The van der Waals surface area contributed by atoms with Gasteiger partial charge in [-0.15, -0.1) is 0 Å². The number of benzene rings is 1. The lowest BCUT2D eigenvalue weighted by Crippen LogP contribution is -2.31. The average Bonchev–Trinajstić information content (AvgIpc) is 3.13. The highest BCUT2D eigenvalue weighted by atomic mass is 16.3. The second-order valence-corrected chi connectivity index (χ2v) is 6.00. The van der Waals surface area contributed by atoms with Crippen molar-refractivity contribution in [2.75, 3.05) is 6.54 Å². The lowest BCUT2D eigenvalue weighted by atomic mass is 9.99. The zero-order chi connectivity index (χ0) is 16.4. The van der Waals surface area contributed by atoms with E-state index < -0.39 is 0 Å². The number of aliphatic hydroxyl groups excluding tert-OH is 1. The fraction of sp³-hybridized carbons (Fsp3) is 0.333. The zero-order valence-corrected chi connectivity index (χ0v) is 13.4. The summed E-state index contributed by atoms with van der Waals surface area (Å²) in [6, 6.07) is 7.94. The van der Waals surface area contributed by atoms with Gasteiger partial charge in [-0.2, -0.15) is 0 Å². The summed E-state index contributed by atoms with van der Waals surface area (Å²) in [6.45, 7) is 5.25. The Morgan fingerprint density at radius 2 is 1.91 bits per heavy atom. The molecule has 1 atom stereocenters. The third-order valence-corrected chi connectivity index (χ3v) is 4.33. The van der Waals surface area contributed by atoms with Crippen LogP contribution in [0.15, 0.2) is 54.3 Å². The molecule has 1 aromatic heterocycles. The summed E-state index contributed by atoms with van der Waals surface area (Å²) in [5, 5.41) is 10.1. The van der Waals surface area contributed by atoms with Gasteiger partial charge >= 0.3 is 0 Å². The van der Waals surface area contributed by atoms with Crippen LogP contribution in [0.25, 0.3) is 0 Å². The normalized spacial score (nSPS) is 18.1. The minimum Gasteiger partial charge on any atom is -0.503 e. The van der Waals surface area contributed by atoms with E-state index >= 15 is 0 Å². The van der Waals surface area contributed by atoms with Gasteiger partial charge in [0.05, 0.1) is 12.4 Å². The molecule has 1 aromatic carbocycles. The minimum absolute atomic E-state index is 0.113. The molecule has 2 heterocycles. The van der Waals surface area contributed by atoms with E-state index in [-0.39, 0.29) is 17.7 Å². The van der Waals surface area contributed by atoms with Crippen molar-refractivity contribution in [1.82, 2.24) is 14.5 Å². The van der Waals surface area contributed by atoms with Gasteiger partial charge in [0.1, 0.15) is 0 Å². The van der Waals surface area contributed by atoms with Gasteiger partial charge in [-0.1, -0.05) is 29.8 Å². The molecular formula is C18H21N3O2. The Kier molecular flexibility index (Phi) is 4.19. The van der Waals surface area contributed by atoms with E-state index in [1.165, 1.54) is 5.56 Å². The SMILES string of the molecule is CC1=C(O)C(=O)N(CCCn2ccnc2)C1c1ccc(C)cc1. The van der Waals surface area contributed by atoms with E-state index in [9.17, 15) is 9.90 Å². The Bertz CT molecular complexity index is 717. The Morgan fingerprint density at radius 3 is 2.57 bits per heavy atom. The first-order chi connectivity index (χ1) is 11.1. The maximum atomic E-state index is 12.4. The zero-order valence-electron chi connectivity index (χ0n) is 13.4. The Labute approximate surface area is 135 Å². The summed E-state index contributed by atoms with van der Waals surface area (Å²) < 4.78 is 1.99. The van der Waals surface area contributed by atoms with Crippen molar-refractivity contribution in [3.63, 3.8) is 0 Å². The fourth-order valence-corrected chi connectivity index (χ4v) is 3.04. The van der Waals surface area contributed by atoms with Gasteiger partial charge in [-0.25, -0.2) is 4.98 Å². The van der Waals surface area contributed by atoms with Crippen molar-refractivity contribution >= 4 is 5.91 Å². The number of carbonyl (C=O) groups excluding carboxylic acids is 1. The summed E-state index contributed by atoms with van der Waals surface area (Å²) in [5.74, 6) is -0.392. The van der Waals surface area contributed by atoms with E-state index in [2.05, 4.69) is 4.98 Å². The highest BCUT2D eigenvalue weighted by molar-refractivity contribution is 5.95. The topological polar surface area (TPSA) is 58.4 Å². The second-order valence-electron chi connectivity index (χ2n) is 6.00. The van der Waals surface area contributed by atoms with Crippen LogP contribution < -0.4 is 0 Å².